The van der Waals surface area contributed by atoms with E-state index in [9.17, 15) is 9.90 Å². The Balaban J connectivity index is 1.81. The molecule has 2 aromatic rings. The van der Waals surface area contributed by atoms with Crippen LogP contribution in [-0.2, 0) is 10.3 Å². The normalized spacial score (nSPS) is 21.4. The van der Waals surface area contributed by atoms with Crippen LogP contribution in [0.4, 0.5) is 4.79 Å². The van der Waals surface area contributed by atoms with Crippen molar-refractivity contribution in [1.82, 2.24) is 4.90 Å². The summed E-state index contributed by atoms with van der Waals surface area (Å²) in [5.74, 6) is 0. The van der Waals surface area contributed by atoms with Gasteiger partial charge in [-0.2, -0.15) is 0 Å². The van der Waals surface area contributed by atoms with Crippen molar-refractivity contribution in [1.29, 1.82) is 0 Å². The zero-order valence-electron chi connectivity index (χ0n) is 14.0. The number of hydrogen-bond acceptors (Lipinski definition) is 3. The molecule has 0 aliphatic carbocycles. The third-order valence-electron chi connectivity index (χ3n) is 4.75. The number of cyclic esters (lactones) is 1. The van der Waals surface area contributed by atoms with Gasteiger partial charge in [0.1, 0.15) is 0 Å². The maximum absolute atomic E-state index is 12.7. The summed E-state index contributed by atoms with van der Waals surface area (Å²) >= 11 is 3.43. The van der Waals surface area contributed by atoms with E-state index < -0.39 is 5.60 Å². The maximum atomic E-state index is 12.7. The Labute approximate surface area is 156 Å². The Morgan fingerprint density at radius 1 is 1.36 bits per heavy atom. The van der Waals surface area contributed by atoms with Crippen molar-refractivity contribution in [3.8, 4) is 0 Å². The SMILES string of the molecule is CC(c1ccc(Br)cc1)N1CCC(CCO)(c2c#cccc2)OC1=O. The number of nitrogens with zero attached hydrogens (tertiary/aromatic N) is 1. The number of ether oxygens (including phenoxy) is 1. The molecule has 0 bridgehead atoms. The molecule has 1 amide bonds. The van der Waals surface area contributed by atoms with Crippen LogP contribution in [-0.4, -0.2) is 29.3 Å². The monoisotopic (exact) mass is 401 g/mol. The third-order valence-corrected chi connectivity index (χ3v) is 5.28. The molecule has 1 aliphatic heterocycles. The van der Waals surface area contributed by atoms with Gasteiger partial charge in [0.05, 0.1) is 6.04 Å². The topological polar surface area (TPSA) is 49.8 Å². The lowest BCUT2D eigenvalue weighted by Crippen LogP contribution is -2.49. The van der Waals surface area contributed by atoms with Gasteiger partial charge in [-0.25, -0.2) is 4.79 Å². The minimum atomic E-state index is -0.834. The molecular weight excluding hydrogens is 382 g/mol. The summed E-state index contributed by atoms with van der Waals surface area (Å²) in [4.78, 5) is 14.5. The van der Waals surface area contributed by atoms with Crippen LogP contribution in [0.3, 0.4) is 0 Å². The Morgan fingerprint density at radius 3 is 2.72 bits per heavy atom. The van der Waals surface area contributed by atoms with Crippen molar-refractivity contribution >= 4 is 22.0 Å². The fraction of sp³-hybridized carbons (Fsp3) is 0.350. The van der Waals surface area contributed by atoms with Gasteiger partial charge in [0.25, 0.3) is 0 Å². The number of carbonyl (C=O) groups is 1. The van der Waals surface area contributed by atoms with E-state index in [1.165, 1.54) is 0 Å². The molecule has 1 N–H and O–H groups in total. The van der Waals surface area contributed by atoms with Crippen LogP contribution in [0.2, 0.25) is 0 Å². The summed E-state index contributed by atoms with van der Waals surface area (Å²) in [6.07, 6.45) is 0.592. The summed E-state index contributed by atoms with van der Waals surface area (Å²) in [6, 6.07) is 19.2. The summed E-state index contributed by atoms with van der Waals surface area (Å²) < 4.78 is 6.85. The quantitative estimate of drug-likeness (QED) is 0.815. The van der Waals surface area contributed by atoms with Crippen LogP contribution in [0.15, 0.2) is 46.9 Å². The first-order valence-corrected chi connectivity index (χ1v) is 9.10. The predicted octanol–water partition coefficient (Wildman–Crippen LogP) is 4.23. The highest BCUT2D eigenvalue weighted by atomic mass is 79.9. The number of carbonyl (C=O) groups excluding carboxylic acids is 1. The first-order chi connectivity index (χ1) is 12.1. The van der Waals surface area contributed by atoms with Gasteiger partial charge >= 0.3 is 6.09 Å². The Morgan fingerprint density at radius 2 is 2.12 bits per heavy atom. The van der Waals surface area contributed by atoms with Crippen LogP contribution in [0, 0.1) is 12.1 Å². The zero-order chi connectivity index (χ0) is 17.9. The molecule has 25 heavy (non-hydrogen) atoms. The number of rotatable bonds is 5. The van der Waals surface area contributed by atoms with E-state index >= 15 is 0 Å². The van der Waals surface area contributed by atoms with E-state index in [4.69, 9.17) is 4.74 Å². The van der Waals surface area contributed by atoms with E-state index in [-0.39, 0.29) is 18.7 Å². The summed E-state index contributed by atoms with van der Waals surface area (Å²) in [6.45, 7) is 2.49. The van der Waals surface area contributed by atoms with Crippen LogP contribution in [0.5, 0.6) is 0 Å². The van der Waals surface area contributed by atoms with Crippen LogP contribution >= 0.6 is 15.9 Å². The highest BCUT2D eigenvalue weighted by Gasteiger charge is 2.43. The number of hydrogen-bond donors (Lipinski definition) is 1. The Bertz CT molecular complexity index is 719. The van der Waals surface area contributed by atoms with Crippen molar-refractivity contribution in [3.63, 3.8) is 0 Å². The summed E-state index contributed by atoms with van der Waals surface area (Å²) in [5, 5.41) is 9.48. The fourth-order valence-electron chi connectivity index (χ4n) is 3.24. The molecular formula is C20H20BrNO3. The molecule has 0 radical (unpaired) electrons. The van der Waals surface area contributed by atoms with E-state index in [0.29, 0.717) is 19.4 Å². The molecule has 0 aromatic heterocycles. The number of halogens is 1. The second-order valence-electron chi connectivity index (χ2n) is 6.22. The molecule has 130 valence electrons. The maximum Gasteiger partial charge on any atom is 0.411 e. The van der Waals surface area contributed by atoms with Gasteiger partial charge in [0, 0.05) is 36.0 Å². The second kappa shape index (κ2) is 7.47. The molecule has 0 spiro atoms. The number of amides is 1. The predicted molar refractivity (Wildman–Crippen MR) is 97.9 cm³/mol. The molecule has 1 saturated heterocycles. The zero-order valence-corrected chi connectivity index (χ0v) is 15.6. The van der Waals surface area contributed by atoms with E-state index in [0.717, 1.165) is 15.6 Å². The molecule has 3 rings (SSSR count). The average Bonchev–Trinajstić information content (AvgIpc) is 2.63. The average molecular weight is 402 g/mol. The van der Waals surface area contributed by atoms with Crippen molar-refractivity contribution in [2.24, 2.45) is 0 Å². The molecule has 2 unspecified atom stereocenters. The van der Waals surface area contributed by atoms with Crippen LogP contribution in [0.1, 0.15) is 36.9 Å². The van der Waals surface area contributed by atoms with Crippen molar-refractivity contribution in [2.75, 3.05) is 13.2 Å². The lowest BCUT2D eigenvalue weighted by molar-refractivity contribution is -0.0718. The summed E-state index contributed by atoms with van der Waals surface area (Å²) in [7, 11) is 0. The van der Waals surface area contributed by atoms with E-state index in [2.05, 4.69) is 28.1 Å². The molecule has 5 heteroatoms. The van der Waals surface area contributed by atoms with Gasteiger partial charge in [0.15, 0.2) is 5.60 Å². The van der Waals surface area contributed by atoms with Crippen molar-refractivity contribution in [3.05, 3.63) is 70.2 Å². The molecule has 4 nitrogen and oxygen atoms in total. The van der Waals surface area contributed by atoms with E-state index in [1.807, 2.05) is 43.3 Å². The molecule has 2 aromatic carbocycles. The van der Waals surface area contributed by atoms with Gasteiger partial charge < -0.3 is 14.7 Å². The van der Waals surface area contributed by atoms with Crippen LogP contribution < -0.4 is 0 Å². The molecule has 0 saturated carbocycles. The van der Waals surface area contributed by atoms with Crippen molar-refractivity contribution in [2.45, 2.75) is 31.4 Å². The van der Waals surface area contributed by atoms with Gasteiger partial charge in [-0.05, 0) is 36.8 Å². The number of aliphatic hydroxyl groups excluding tert-OH is 1. The Hall–Kier alpha value is -2.03. The van der Waals surface area contributed by atoms with Gasteiger partial charge in [0.2, 0.25) is 0 Å². The molecule has 1 aliphatic rings. The van der Waals surface area contributed by atoms with Gasteiger partial charge in [-0.3, -0.25) is 0 Å². The summed E-state index contributed by atoms with van der Waals surface area (Å²) in [5.41, 5.74) is 0.974. The molecule has 1 heterocycles. The Kier molecular flexibility index (Phi) is 5.31. The first-order valence-electron chi connectivity index (χ1n) is 8.30. The fourth-order valence-corrected chi connectivity index (χ4v) is 3.51. The smallest absolute Gasteiger partial charge is 0.411 e. The minimum Gasteiger partial charge on any atom is -0.437 e. The largest absolute Gasteiger partial charge is 0.437 e. The lowest BCUT2D eigenvalue weighted by atomic mass is 9.86. The van der Waals surface area contributed by atoms with Crippen LogP contribution in [0.25, 0.3) is 0 Å². The number of aliphatic hydroxyl groups is 1. The van der Waals surface area contributed by atoms with Crippen molar-refractivity contribution < 1.29 is 14.6 Å². The van der Waals surface area contributed by atoms with E-state index in [1.54, 1.807) is 11.0 Å². The number of benzene rings is 1. The third kappa shape index (κ3) is 3.65. The minimum absolute atomic E-state index is 0.0573. The second-order valence-corrected chi connectivity index (χ2v) is 7.13. The standard InChI is InChI=1S/C20H20BrNO3/c1-15(16-7-9-18(21)10-8-16)22-13-11-20(12-14-23,25-19(22)24)17-5-3-2-4-6-17/h2-3,5,7-10,15,23H,11-14H2,1H3. The van der Waals surface area contributed by atoms with Gasteiger partial charge in [-0.15, -0.1) is 0 Å². The highest BCUT2D eigenvalue weighted by Crippen LogP contribution is 2.38. The van der Waals surface area contributed by atoms with Gasteiger partial charge in [-0.1, -0.05) is 46.3 Å². The highest BCUT2D eigenvalue weighted by molar-refractivity contribution is 9.10. The first kappa shape index (κ1) is 17.8. The molecule has 2 atom stereocenters. The lowest BCUT2D eigenvalue weighted by Gasteiger charge is -2.42. The molecule has 1 fully saturated rings.